The molecule has 6 fully saturated rings. The zero-order chi connectivity index (χ0) is 26.3. The number of nitrogens with zero attached hydrogens (tertiary/aromatic N) is 4. The van der Waals surface area contributed by atoms with Crippen LogP contribution in [0.2, 0.25) is 0 Å². The second kappa shape index (κ2) is 10.2. The van der Waals surface area contributed by atoms with Crippen molar-refractivity contribution in [2.75, 3.05) is 0 Å². The van der Waals surface area contributed by atoms with Crippen molar-refractivity contribution in [1.82, 2.24) is 19.9 Å². The lowest BCUT2D eigenvalue weighted by molar-refractivity contribution is -0.0853. The van der Waals surface area contributed by atoms with Gasteiger partial charge in [0.15, 0.2) is 0 Å². The van der Waals surface area contributed by atoms with E-state index in [1.165, 1.54) is 0 Å². The highest BCUT2D eigenvalue weighted by atomic mass is 79.9. The van der Waals surface area contributed by atoms with E-state index < -0.39 is 23.7 Å². The summed E-state index contributed by atoms with van der Waals surface area (Å²) in [6.45, 7) is 1.96. The molecule has 0 radical (unpaired) electrons. The summed E-state index contributed by atoms with van der Waals surface area (Å²) in [7, 11) is 0. The van der Waals surface area contributed by atoms with Crippen molar-refractivity contribution in [1.29, 1.82) is 0 Å². The summed E-state index contributed by atoms with van der Waals surface area (Å²) in [5.74, 6) is 0. The van der Waals surface area contributed by atoms with Crippen LogP contribution in [0.4, 0.5) is 17.6 Å². The van der Waals surface area contributed by atoms with Gasteiger partial charge < -0.3 is 0 Å². The molecule has 0 N–H and O–H groups in total. The minimum absolute atomic E-state index is 0.0243. The molecule has 0 unspecified atom stereocenters. The van der Waals surface area contributed by atoms with Crippen molar-refractivity contribution in [2.24, 2.45) is 10.8 Å². The zero-order valence-corrected chi connectivity index (χ0v) is 22.9. The van der Waals surface area contributed by atoms with Crippen molar-refractivity contribution in [3.8, 4) is 0 Å². The van der Waals surface area contributed by atoms with Crippen LogP contribution in [-0.2, 0) is 16.2 Å². The van der Waals surface area contributed by atoms with Crippen LogP contribution in [-0.4, -0.2) is 32.8 Å². The third-order valence-electron chi connectivity index (χ3n) is 10.3. The summed E-state index contributed by atoms with van der Waals surface area (Å²) in [6.07, 6.45) is 7.81. The van der Waals surface area contributed by atoms with Crippen LogP contribution in [0, 0.1) is 17.8 Å². The molecule has 0 atom stereocenters. The third-order valence-corrected chi connectivity index (χ3v) is 10.9. The maximum atomic E-state index is 13.2. The predicted octanol–water partition coefficient (Wildman–Crippen LogP) is 7.87. The number of aryl methyl sites for hydroxylation is 1. The van der Waals surface area contributed by atoms with Crippen molar-refractivity contribution in [2.45, 2.75) is 113 Å². The Morgan fingerprint density at radius 2 is 1.05 bits per heavy atom. The topological polar surface area (TPSA) is 51.6 Å². The summed E-state index contributed by atoms with van der Waals surface area (Å²) in [5.41, 5.74) is 2.73. The molecule has 6 aliphatic rings. The standard InChI is InChI=1S/C14H17BrF2N2.C14H18F2N2/c15-8-10-7-11(19-9-18-10)13-1-4-14(5-2-13,6-3-13)12(16)17;1-10-8-11(18-9-17-10)13-2-5-14(6-3-13,7-4-13)12(15)16/h7,9,12H,1-6,8H2;8-9,12H,2-7H2,1H3. The van der Waals surface area contributed by atoms with E-state index in [-0.39, 0.29) is 10.8 Å². The summed E-state index contributed by atoms with van der Waals surface area (Å²) in [6, 6.07) is 4.07. The molecule has 2 heterocycles. The Hall–Kier alpha value is -1.64. The summed E-state index contributed by atoms with van der Waals surface area (Å²) in [5, 5.41) is 0.708. The summed E-state index contributed by atoms with van der Waals surface area (Å²) >= 11 is 3.40. The maximum absolute atomic E-state index is 13.2. The fourth-order valence-corrected chi connectivity index (χ4v) is 7.66. The molecule has 8 rings (SSSR count). The molecule has 0 spiro atoms. The van der Waals surface area contributed by atoms with Crippen molar-refractivity contribution in [3.05, 3.63) is 47.6 Å². The van der Waals surface area contributed by atoms with Crippen LogP contribution < -0.4 is 0 Å². The lowest BCUT2D eigenvalue weighted by atomic mass is 9.53. The third kappa shape index (κ3) is 4.82. The van der Waals surface area contributed by atoms with Crippen LogP contribution >= 0.6 is 15.9 Å². The van der Waals surface area contributed by atoms with Gasteiger partial charge in [-0.05, 0) is 96.1 Å². The number of aromatic nitrogens is 4. The van der Waals surface area contributed by atoms with Crippen molar-refractivity contribution < 1.29 is 17.6 Å². The Morgan fingerprint density at radius 3 is 1.43 bits per heavy atom. The molecule has 9 heteroatoms. The van der Waals surface area contributed by atoms with E-state index in [1.807, 2.05) is 19.1 Å². The van der Waals surface area contributed by atoms with Gasteiger partial charge in [-0.2, -0.15) is 0 Å². The molecule has 202 valence electrons. The first-order valence-electron chi connectivity index (χ1n) is 13.4. The predicted molar refractivity (Wildman–Crippen MR) is 137 cm³/mol. The van der Waals surface area contributed by atoms with Crippen LogP contribution in [0.3, 0.4) is 0 Å². The highest BCUT2D eigenvalue weighted by molar-refractivity contribution is 9.08. The van der Waals surface area contributed by atoms with E-state index in [0.29, 0.717) is 43.9 Å². The smallest absolute Gasteiger partial charge is 0.242 e. The summed E-state index contributed by atoms with van der Waals surface area (Å²) in [4.78, 5) is 17.1. The van der Waals surface area contributed by atoms with E-state index >= 15 is 0 Å². The van der Waals surface area contributed by atoms with Crippen molar-refractivity contribution in [3.63, 3.8) is 0 Å². The largest absolute Gasteiger partial charge is 0.244 e. The quantitative estimate of drug-likeness (QED) is 0.266. The van der Waals surface area contributed by atoms with Gasteiger partial charge in [-0.3, -0.25) is 0 Å². The summed E-state index contributed by atoms with van der Waals surface area (Å²) < 4.78 is 52.8. The molecule has 6 saturated carbocycles. The number of rotatable bonds is 5. The Kier molecular flexibility index (Phi) is 7.40. The second-order valence-electron chi connectivity index (χ2n) is 12.0. The minimum atomic E-state index is -2.17. The molecular formula is C28H35BrF4N4. The molecule has 2 aromatic heterocycles. The van der Waals surface area contributed by atoms with E-state index in [0.717, 1.165) is 61.3 Å². The number of hydrogen-bond donors (Lipinski definition) is 0. The Labute approximate surface area is 224 Å². The van der Waals surface area contributed by atoms with E-state index in [1.54, 1.807) is 12.7 Å². The van der Waals surface area contributed by atoms with E-state index in [4.69, 9.17) is 0 Å². The Bertz CT molecular complexity index is 1060. The highest BCUT2D eigenvalue weighted by Crippen LogP contribution is 2.60. The van der Waals surface area contributed by atoms with Gasteiger partial charge in [0, 0.05) is 32.7 Å². The van der Waals surface area contributed by atoms with Gasteiger partial charge in [-0.15, -0.1) is 0 Å². The molecule has 0 aliphatic heterocycles. The highest BCUT2D eigenvalue weighted by Gasteiger charge is 2.55. The van der Waals surface area contributed by atoms with Gasteiger partial charge in [0.1, 0.15) is 12.7 Å². The molecule has 0 aromatic carbocycles. The normalized spacial score (nSPS) is 34.5. The van der Waals surface area contributed by atoms with Gasteiger partial charge in [-0.1, -0.05) is 15.9 Å². The maximum Gasteiger partial charge on any atom is 0.244 e. The van der Waals surface area contributed by atoms with Crippen LogP contribution in [0.25, 0.3) is 0 Å². The van der Waals surface area contributed by atoms with E-state index in [9.17, 15) is 17.6 Å². The molecule has 2 aromatic rings. The first-order chi connectivity index (χ1) is 17.7. The minimum Gasteiger partial charge on any atom is -0.242 e. The molecule has 4 bridgehead atoms. The molecule has 6 aliphatic carbocycles. The van der Waals surface area contributed by atoms with Crippen LogP contribution in [0.1, 0.15) is 99.8 Å². The van der Waals surface area contributed by atoms with Gasteiger partial charge in [-0.25, -0.2) is 37.5 Å². The van der Waals surface area contributed by atoms with E-state index in [2.05, 4.69) is 35.9 Å². The van der Waals surface area contributed by atoms with Crippen LogP contribution in [0.5, 0.6) is 0 Å². The molecule has 37 heavy (non-hydrogen) atoms. The Balaban J connectivity index is 0.000000152. The number of halogens is 5. The first kappa shape index (κ1) is 26.9. The monoisotopic (exact) mass is 582 g/mol. The van der Waals surface area contributed by atoms with Gasteiger partial charge in [0.2, 0.25) is 12.9 Å². The van der Waals surface area contributed by atoms with Crippen LogP contribution in [0.15, 0.2) is 24.8 Å². The SMILES string of the molecule is Cc1cc(C23CCC(C(F)F)(CC2)CC3)ncn1.FC(F)C12CCC(c3cc(CBr)ncn3)(CC1)CC2. The zero-order valence-electron chi connectivity index (χ0n) is 21.3. The fourth-order valence-electron chi connectivity index (χ4n) is 7.36. The van der Waals surface area contributed by atoms with Gasteiger partial charge in [0.25, 0.3) is 0 Å². The molecule has 4 nitrogen and oxygen atoms in total. The first-order valence-corrected chi connectivity index (χ1v) is 14.5. The second-order valence-corrected chi connectivity index (χ2v) is 12.5. The number of alkyl halides is 5. The molecular weight excluding hydrogens is 548 g/mol. The van der Waals surface area contributed by atoms with Gasteiger partial charge in [0.05, 0.1) is 17.1 Å². The van der Waals surface area contributed by atoms with Crippen molar-refractivity contribution >= 4 is 15.9 Å². The average Bonchev–Trinajstić information content (AvgIpc) is 2.95. The van der Waals surface area contributed by atoms with Gasteiger partial charge >= 0.3 is 0 Å². The number of fused-ring (bicyclic) bond motifs is 6. The fraction of sp³-hybridized carbons (Fsp3) is 0.714. The Morgan fingerprint density at radius 1 is 0.649 bits per heavy atom. The number of hydrogen-bond acceptors (Lipinski definition) is 4. The molecule has 0 saturated heterocycles. The molecule has 0 amide bonds. The average molecular weight is 584 g/mol. The lowest BCUT2D eigenvalue weighted by Crippen LogP contribution is -2.47. The lowest BCUT2D eigenvalue weighted by Gasteiger charge is -2.52.